The van der Waals surface area contributed by atoms with Crippen molar-refractivity contribution in [3.05, 3.63) is 98.7 Å². The molecule has 2 heterocycles. The highest BCUT2D eigenvalue weighted by molar-refractivity contribution is 9.10. The first-order valence-electron chi connectivity index (χ1n) is 11.8. The summed E-state index contributed by atoms with van der Waals surface area (Å²) in [5.41, 5.74) is 5.03. The van der Waals surface area contributed by atoms with E-state index in [4.69, 9.17) is 9.73 Å². The molecule has 1 fully saturated rings. The lowest BCUT2D eigenvalue weighted by molar-refractivity contribution is -0.121. The number of amidine groups is 1. The molecule has 37 heavy (non-hydrogen) atoms. The fourth-order valence-corrected chi connectivity index (χ4v) is 5.50. The molecule has 1 amide bonds. The second-order valence-corrected chi connectivity index (χ2v) is 10.7. The number of aryl methyl sites for hydroxylation is 1. The maximum atomic E-state index is 13.9. The molecule has 5 nitrogen and oxygen atoms in total. The van der Waals surface area contributed by atoms with Gasteiger partial charge in [0.05, 0.1) is 17.1 Å². The normalized spacial score (nSPS) is 15.9. The minimum absolute atomic E-state index is 0.0900. The third-order valence-electron chi connectivity index (χ3n) is 6.38. The van der Waals surface area contributed by atoms with Crippen molar-refractivity contribution in [3.8, 4) is 5.75 Å². The number of halogens is 2. The molecule has 188 valence electrons. The summed E-state index contributed by atoms with van der Waals surface area (Å²) in [5.74, 6) is -0.239. The Morgan fingerprint density at radius 2 is 1.92 bits per heavy atom. The van der Waals surface area contributed by atoms with E-state index in [1.165, 1.54) is 17.8 Å². The summed E-state index contributed by atoms with van der Waals surface area (Å²) in [5, 5.41) is 1.65. The van der Waals surface area contributed by atoms with Gasteiger partial charge in [0.25, 0.3) is 5.91 Å². The van der Waals surface area contributed by atoms with Gasteiger partial charge in [0, 0.05) is 34.2 Å². The topological polar surface area (TPSA) is 46.8 Å². The van der Waals surface area contributed by atoms with Crippen LogP contribution in [0.5, 0.6) is 5.75 Å². The number of nitrogens with zero attached hydrogens (tertiary/aromatic N) is 3. The number of aromatic nitrogens is 1. The van der Waals surface area contributed by atoms with E-state index in [2.05, 4.69) is 33.5 Å². The van der Waals surface area contributed by atoms with Gasteiger partial charge in [-0.15, -0.1) is 0 Å². The predicted octanol–water partition coefficient (Wildman–Crippen LogP) is 7.47. The summed E-state index contributed by atoms with van der Waals surface area (Å²) in [7, 11) is 1.75. The lowest BCUT2D eigenvalue weighted by Gasteiger charge is -2.09. The van der Waals surface area contributed by atoms with Crippen molar-refractivity contribution < 1.29 is 13.9 Å². The van der Waals surface area contributed by atoms with E-state index in [0.29, 0.717) is 23.2 Å². The van der Waals surface area contributed by atoms with Crippen LogP contribution < -0.4 is 4.74 Å². The van der Waals surface area contributed by atoms with Gasteiger partial charge in [0.1, 0.15) is 6.61 Å². The first-order valence-corrected chi connectivity index (χ1v) is 13.4. The van der Waals surface area contributed by atoms with Gasteiger partial charge in [-0.3, -0.25) is 9.69 Å². The molecule has 1 aromatic heterocycles. The SMILES string of the molecule is Cc1cccc(N=C2SC(=Cc3cn(CCOc4ccccc4F)c4ccc(Br)cc34)C(=O)N2C)c1C. The maximum absolute atomic E-state index is 13.9. The second-order valence-electron chi connectivity index (χ2n) is 8.81. The highest BCUT2D eigenvalue weighted by atomic mass is 79.9. The number of ether oxygens (including phenoxy) is 1. The Kier molecular flexibility index (Phi) is 7.22. The number of benzene rings is 3. The number of likely N-dealkylation sites (N-methyl/N-ethyl adjacent to an activating group) is 1. The molecule has 5 rings (SSSR count). The summed E-state index contributed by atoms with van der Waals surface area (Å²) in [6.07, 6.45) is 3.92. The standard InChI is InChI=1S/C29H25BrFN3O2S/c1-18-7-6-9-24(19(18)2)32-29-33(3)28(35)27(37-29)15-20-17-34(25-12-11-21(30)16-22(20)25)13-14-36-26-10-5-4-8-23(26)31/h4-12,15-17H,13-14H2,1-3H3. The maximum Gasteiger partial charge on any atom is 0.266 e. The summed E-state index contributed by atoms with van der Waals surface area (Å²) in [6, 6.07) is 18.4. The number of carbonyl (C=O) groups excluding carboxylic acids is 1. The smallest absolute Gasteiger partial charge is 0.266 e. The molecular formula is C29H25BrFN3O2S. The van der Waals surface area contributed by atoms with Crippen LogP contribution in [-0.2, 0) is 11.3 Å². The Balaban J connectivity index is 1.44. The highest BCUT2D eigenvalue weighted by Crippen LogP contribution is 2.36. The molecule has 0 unspecified atom stereocenters. The Hall–Kier alpha value is -3.36. The molecule has 1 aliphatic rings. The van der Waals surface area contributed by atoms with Crippen LogP contribution in [0.3, 0.4) is 0 Å². The first kappa shape index (κ1) is 25.3. The lowest BCUT2D eigenvalue weighted by atomic mass is 10.1. The zero-order valence-electron chi connectivity index (χ0n) is 20.7. The Morgan fingerprint density at radius 1 is 1.11 bits per heavy atom. The van der Waals surface area contributed by atoms with Gasteiger partial charge in [-0.2, -0.15) is 0 Å². The number of rotatable bonds is 6. The monoisotopic (exact) mass is 577 g/mol. The molecule has 0 atom stereocenters. The van der Waals surface area contributed by atoms with Crippen LogP contribution in [0, 0.1) is 19.7 Å². The van der Waals surface area contributed by atoms with Crippen LogP contribution in [0.4, 0.5) is 10.1 Å². The Labute approximate surface area is 227 Å². The van der Waals surface area contributed by atoms with Crippen molar-refractivity contribution in [2.75, 3.05) is 13.7 Å². The van der Waals surface area contributed by atoms with Gasteiger partial charge in [-0.25, -0.2) is 9.38 Å². The summed E-state index contributed by atoms with van der Waals surface area (Å²) < 4.78 is 22.6. The van der Waals surface area contributed by atoms with E-state index in [-0.39, 0.29) is 17.5 Å². The molecule has 0 aliphatic carbocycles. The van der Waals surface area contributed by atoms with Crippen LogP contribution in [0.1, 0.15) is 16.7 Å². The lowest BCUT2D eigenvalue weighted by Crippen LogP contribution is -2.23. The quantitative estimate of drug-likeness (QED) is 0.223. The Morgan fingerprint density at radius 3 is 2.73 bits per heavy atom. The molecule has 1 saturated heterocycles. The van der Waals surface area contributed by atoms with Crippen molar-refractivity contribution in [3.63, 3.8) is 0 Å². The van der Waals surface area contributed by atoms with Crippen molar-refractivity contribution in [2.45, 2.75) is 20.4 Å². The van der Waals surface area contributed by atoms with E-state index in [1.807, 2.05) is 49.5 Å². The number of hydrogen-bond donors (Lipinski definition) is 0. The van der Waals surface area contributed by atoms with Gasteiger partial charge in [-0.1, -0.05) is 40.2 Å². The van der Waals surface area contributed by atoms with Gasteiger partial charge in [0.15, 0.2) is 16.7 Å². The number of fused-ring (bicyclic) bond motifs is 1. The number of para-hydroxylation sites is 1. The summed E-state index contributed by atoms with van der Waals surface area (Å²) in [6.45, 7) is 4.92. The van der Waals surface area contributed by atoms with E-state index in [0.717, 1.165) is 37.8 Å². The molecule has 3 aromatic carbocycles. The minimum Gasteiger partial charge on any atom is -0.489 e. The number of thioether (sulfide) groups is 1. The van der Waals surface area contributed by atoms with Gasteiger partial charge in [0.2, 0.25) is 0 Å². The fraction of sp³-hybridized carbons (Fsp3) is 0.172. The number of hydrogen-bond acceptors (Lipinski definition) is 4. The van der Waals surface area contributed by atoms with Crippen molar-refractivity contribution in [1.82, 2.24) is 9.47 Å². The second kappa shape index (κ2) is 10.6. The summed E-state index contributed by atoms with van der Waals surface area (Å²) >= 11 is 4.93. The average molecular weight is 579 g/mol. The summed E-state index contributed by atoms with van der Waals surface area (Å²) in [4.78, 5) is 20.1. The third-order valence-corrected chi connectivity index (χ3v) is 7.94. The van der Waals surface area contributed by atoms with Crippen LogP contribution in [0.2, 0.25) is 0 Å². The van der Waals surface area contributed by atoms with Gasteiger partial charge >= 0.3 is 0 Å². The molecule has 0 N–H and O–H groups in total. The largest absolute Gasteiger partial charge is 0.489 e. The number of aliphatic imine (C=N–C) groups is 1. The van der Waals surface area contributed by atoms with Crippen molar-refractivity contribution in [2.24, 2.45) is 4.99 Å². The number of carbonyl (C=O) groups is 1. The predicted molar refractivity (Wildman–Crippen MR) is 153 cm³/mol. The first-order chi connectivity index (χ1) is 17.8. The van der Waals surface area contributed by atoms with E-state index >= 15 is 0 Å². The van der Waals surface area contributed by atoms with Gasteiger partial charge < -0.3 is 9.30 Å². The van der Waals surface area contributed by atoms with Crippen molar-refractivity contribution in [1.29, 1.82) is 0 Å². The molecule has 0 bridgehead atoms. The molecule has 0 spiro atoms. The molecule has 0 saturated carbocycles. The van der Waals surface area contributed by atoms with Crippen molar-refractivity contribution >= 4 is 61.4 Å². The highest BCUT2D eigenvalue weighted by Gasteiger charge is 2.31. The molecule has 4 aromatic rings. The molecular weight excluding hydrogens is 553 g/mol. The van der Waals surface area contributed by atoms with E-state index in [9.17, 15) is 9.18 Å². The third kappa shape index (κ3) is 5.22. The minimum atomic E-state index is -0.381. The molecule has 1 aliphatic heterocycles. The van der Waals surface area contributed by atoms with E-state index < -0.39 is 0 Å². The van der Waals surface area contributed by atoms with Crippen LogP contribution >= 0.6 is 27.7 Å². The number of amides is 1. The van der Waals surface area contributed by atoms with Crippen LogP contribution in [0.25, 0.3) is 17.0 Å². The molecule has 8 heteroatoms. The van der Waals surface area contributed by atoms with Crippen LogP contribution in [0.15, 0.2) is 81.2 Å². The zero-order chi connectivity index (χ0) is 26.1. The van der Waals surface area contributed by atoms with Gasteiger partial charge in [-0.05, 0) is 79.2 Å². The average Bonchev–Trinajstić information content (AvgIpc) is 3.34. The Bertz CT molecular complexity index is 1580. The van der Waals surface area contributed by atoms with Crippen LogP contribution in [-0.4, -0.2) is 34.2 Å². The fourth-order valence-electron chi connectivity index (χ4n) is 4.17. The molecule has 0 radical (unpaired) electrons. The van der Waals surface area contributed by atoms with E-state index in [1.54, 1.807) is 30.1 Å². The zero-order valence-corrected chi connectivity index (χ0v) is 23.1.